The lowest BCUT2D eigenvalue weighted by Gasteiger charge is -2.53. The van der Waals surface area contributed by atoms with Gasteiger partial charge in [0, 0.05) is 41.0 Å². The van der Waals surface area contributed by atoms with E-state index in [0.29, 0.717) is 29.0 Å². The molecule has 1 fully saturated rings. The summed E-state index contributed by atoms with van der Waals surface area (Å²) in [5.74, 6) is 3.12. The Morgan fingerprint density at radius 1 is 0.935 bits per heavy atom. The van der Waals surface area contributed by atoms with Crippen molar-refractivity contribution in [3.8, 4) is 17.2 Å². The number of aromatic nitrogens is 2. The number of rotatable bonds is 7. The lowest BCUT2D eigenvalue weighted by molar-refractivity contribution is -0.00776. The largest absolute Gasteiger partial charge is 0.497 e. The van der Waals surface area contributed by atoms with Crippen LogP contribution in [0.3, 0.4) is 0 Å². The maximum absolute atomic E-state index is 5.52. The van der Waals surface area contributed by atoms with Crippen molar-refractivity contribution in [1.82, 2.24) is 14.9 Å². The molecule has 2 N–H and O–H groups in total. The predicted molar refractivity (Wildman–Crippen MR) is 124 cm³/mol. The molecule has 0 radical (unpaired) electrons. The fourth-order valence-electron chi connectivity index (χ4n) is 4.36. The summed E-state index contributed by atoms with van der Waals surface area (Å²) in [5.41, 5.74) is 0.907. The van der Waals surface area contributed by atoms with Crippen molar-refractivity contribution < 1.29 is 14.2 Å². The molecule has 2 aromatic rings. The Morgan fingerprint density at radius 3 is 2.03 bits per heavy atom. The second-order valence-corrected chi connectivity index (χ2v) is 9.27. The molecule has 0 bridgehead atoms. The van der Waals surface area contributed by atoms with Crippen LogP contribution in [0.2, 0.25) is 0 Å². The Hall–Kier alpha value is -2.74. The Bertz CT molecular complexity index is 876. The molecule has 170 valence electrons. The molecule has 8 nitrogen and oxygen atoms in total. The first-order valence-electron chi connectivity index (χ1n) is 10.5. The third-order valence-electron chi connectivity index (χ3n) is 6.23. The first kappa shape index (κ1) is 22.9. The van der Waals surface area contributed by atoms with Gasteiger partial charge in [-0.3, -0.25) is 4.90 Å². The van der Waals surface area contributed by atoms with E-state index in [1.807, 2.05) is 18.2 Å². The van der Waals surface area contributed by atoms with E-state index >= 15 is 0 Å². The van der Waals surface area contributed by atoms with Gasteiger partial charge >= 0.3 is 0 Å². The summed E-state index contributed by atoms with van der Waals surface area (Å²) in [7, 11) is 7.07. The molecule has 0 spiro atoms. The van der Waals surface area contributed by atoms with Crippen LogP contribution in [0.15, 0.2) is 24.4 Å². The highest BCUT2D eigenvalue weighted by Crippen LogP contribution is 2.39. The molecule has 3 rings (SSSR count). The van der Waals surface area contributed by atoms with Crippen molar-refractivity contribution in [3.63, 3.8) is 0 Å². The molecular formula is C23H35N5O3. The number of hydrogen-bond acceptors (Lipinski definition) is 8. The number of hydrogen-bond donors (Lipinski definition) is 2. The molecule has 2 heterocycles. The minimum Gasteiger partial charge on any atom is -0.497 e. The number of anilines is 3. The van der Waals surface area contributed by atoms with E-state index in [1.54, 1.807) is 27.5 Å². The van der Waals surface area contributed by atoms with Crippen LogP contribution < -0.4 is 24.8 Å². The van der Waals surface area contributed by atoms with Gasteiger partial charge in [-0.2, -0.15) is 4.98 Å². The van der Waals surface area contributed by atoms with Gasteiger partial charge in [-0.05, 0) is 47.6 Å². The highest BCUT2D eigenvalue weighted by atomic mass is 16.5. The number of likely N-dealkylation sites (tertiary alicyclic amines) is 1. The van der Waals surface area contributed by atoms with Crippen LogP contribution in [-0.4, -0.2) is 60.4 Å². The molecule has 31 heavy (non-hydrogen) atoms. The smallest absolute Gasteiger partial charge is 0.229 e. The van der Waals surface area contributed by atoms with Crippen LogP contribution in [0.1, 0.15) is 40.5 Å². The molecule has 0 atom stereocenters. The second kappa shape index (κ2) is 8.78. The van der Waals surface area contributed by atoms with Gasteiger partial charge in [-0.15, -0.1) is 0 Å². The van der Waals surface area contributed by atoms with E-state index in [2.05, 4.69) is 55.3 Å². The molecule has 0 amide bonds. The third-order valence-corrected chi connectivity index (χ3v) is 6.23. The average molecular weight is 430 g/mol. The van der Waals surface area contributed by atoms with Gasteiger partial charge in [0.1, 0.15) is 11.5 Å². The van der Waals surface area contributed by atoms with Gasteiger partial charge in [0.15, 0.2) is 11.6 Å². The summed E-state index contributed by atoms with van der Waals surface area (Å²) in [6.07, 6.45) is 3.67. The van der Waals surface area contributed by atoms with Gasteiger partial charge < -0.3 is 24.8 Å². The maximum Gasteiger partial charge on any atom is 0.229 e. The standard InChI is InChI=1S/C23H35N5O3/c1-22(2)12-16(13-23(3,4)28(22)5)25-20-19(31-8)14-24-21(27-20)26-15-9-17(29-6)11-18(10-15)30-7/h9-11,14,16H,12-13H2,1-8H3,(H2,24,25,26,27). The molecule has 1 aromatic heterocycles. The van der Waals surface area contributed by atoms with Crippen molar-refractivity contribution >= 4 is 17.5 Å². The van der Waals surface area contributed by atoms with Gasteiger partial charge in [0.05, 0.1) is 27.5 Å². The molecule has 1 aromatic carbocycles. The Kier molecular flexibility index (Phi) is 6.50. The Morgan fingerprint density at radius 2 is 1.52 bits per heavy atom. The maximum atomic E-state index is 5.52. The molecule has 0 saturated carbocycles. The van der Waals surface area contributed by atoms with E-state index in [1.165, 1.54) is 0 Å². The molecular weight excluding hydrogens is 394 g/mol. The van der Waals surface area contributed by atoms with E-state index in [-0.39, 0.29) is 17.1 Å². The number of benzene rings is 1. The zero-order chi connectivity index (χ0) is 22.8. The van der Waals surface area contributed by atoms with Crippen LogP contribution in [0.5, 0.6) is 17.2 Å². The molecule has 1 aliphatic heterocycles. The predicted octanol–water partition coefficient (Wildman–Crippen LogP) is 4.31. The van der Waals surface area contributed by atoms with Crippen molar-refractivity contribution in [2.75, 3.05) is 39.0 Å². The number of nitrogens with one attached hydrogen (secondary N) is 2. The number of piperidine rings is 1. The first-order chi connectivity index (χ1) is 14.6. The first-order valence-corrected chi connectivity index (χ1v) is 10.5. The highest BCUT2D eigenvalue weighted by Gasteiger charge is 2.43. The number of ether oxygens (including phenoxy) is 3. The number of methoxy groups -OCH3 is 3. The topological polar surface area (TPSA) is 80.8 Å². The van der Waals surface area contributed by atoms with E-state index in [9.17, 15) is 0 Å². The lowest BCUT2D eigenvalue weighted by Crippen LogP contribution is -2.61. The van der Waals surface area contributed by atoms with Crippen molar-refractivity contribution in [2.24, 2.45) is 0 Å². The van der Waals surface area contributed by atoms with Crippen molar-refractivity contribution in [2.45, 2.75) is 57.7 Å². The van der Waals surface area contributed by atoms with Crippen LogP contribution in [0.4, 0.5) is 17.5 Å². The van der Waals surface area contributed by atoms with Gasteiger partial charge in [-0.25, -0.2) is 4.98 Å². The summed E-state index contributed by atoms with van der Waals surface area (Å²) in [4.78, 5) is 11.6. The van der Waals surface area contributed by atoms with Gasteiger partial charge in [0.2, 0.25) is 5.95 Å². The summed E-state index contributed by atoms with van der Waals surface area (Å²) in [5, 5.41) is 6.85. The second-order valence-electron chi connectivity index (χ2n) is 9.27. The van der Waals surface area contributed by atoms with Crippen LogP contribution in [0.25, 0.3) is 0 Å². The third kappa shape index (κ3) is 5.12. The fraction of sp³-hybridized carbons (Fsp3) is 0.565. The average Bonchev–Trinajstić information content (AvgIpc) is 2.71. The minimum atomic E-state index is 0.0674. The van der Waals surface area contributed by atoms with E-state index in [0.717, 1.165) is 18.5 Å². The zero-order valence-electron chi connectivity index (χ0n) is 19.9. The van der Waals surface area contributed by atoms with Crippen LogP contribution in [0, 0.1) is 0 Å². The molecule has 0 aliphatic carbocycles. The quantitative estimate of drug-likeness (QED) is 0.674. The Balaban J connectivity index is 1.85. The van der Waals surface area contributed by atoms with E-state index < -0.39 is 0 Å². The normalized spacial score (nSPS) is 18.3. The molecule has 1 saturated heterocycles. The minimum absolute atomic E-state index is 0.0674. The Labute approximate surface area is 185 Å². The fourth-order valence-corrected chi connectivity index (χ4v) is 4.36. The van der Waals surface area contributed by atoms with Gasteiger partial charge in [0.25, 0.3) is 0 Å². The van der Waals surface area contributed by atoms with Crippen LogP contribution >= 0.6 is 0 Å². The zero-order valence-corrected chi connectivity index (χ0v) is 19.9. The summed E-state index contributed by atoms with van der Waals surface area (Å²) in [6.45, 7) is 9.12. The van der Waals surface area contributed by atoms with Crippen molar-refractivity contribution in [3.05, 3.63) is 24.4 Å². The highest BCUT2D eigenvalue weighted by molar-refractivity contribution is 5.62. The SMILES string of the molecule is COc1cc(Nc2ncc(OC)c(NC3CC(C)(C)N(C)C(C)(C)C3)n2)cc(OC)c1. The summed E-state index contributed by atoms with van der Waals surface area (Å²) in [6, 6.07) is 5.81. The number of nitrogens with zero attached hydrogens (tertiary/aromatic N) is 3. The van der Waals surface area contributed by atoms with E-state index in [4.69, 9.17) is 19.2 Å². The molecule has 8 heteroatoms. The monoisotopic (exact) mass is 429 g/mol. The van der Waals surface area contributed by atoms with Crippen molar-refractivity contribution in [1.29, 1.82) is 0 Å². The van der Waals surface area contributed by atoms with Crippen LogP contribution in [-0.2, 0) is 0 Å². The summed E-state index contributed by atoms with van der Waals surface area (Å²) < 4.78 is 16.2. The molecule has 1 aliphatic rings. The summed E-state index contributed by atoms with van der Waals surface area (Å²) >= 11 is 0. The van der Waals surface area contributed by atoms with Gasteiger partial charge in [-0.1, -0.05) is 0 Å². The lowest BCUT2D eigenvalue weighted by atomic mass is 9.77. The molecule has 0 unspecified atom stereocenters.